The van der Waals surface area contributed by atoms with Crippen LogP contribution in [0.5, 0.6) is 0 Å². The van der Waals surface area contributed by atoms with E-state index < -0.39 is 11.7 Å². The number of nitrogens with one attached hydrogen (secondary N) is 1. The standard InChI is InChI=1S/C14H20F3N/c1-4-13(5-2)18-10(3)11-6-8-12(9-7-11)14(15,16)17/h6-10,13,18H,4-5H2,1-3H3. The van der Waals surface area contributed by atoms with E-state index >= 15 is 0 Å². The van der Waals surface area contributed by atoms with Gasteiger partial charge < -0.3 is 5.32 Å². The summed E-state index contributed by atoms with van der Waals surface area (Å²) in [5.41, 5.74) is 0.288. The number of halogens is 3. The third kappa shape index (κ3) is 4.02. The molecule has 18 heavy (non-hydrogen) atoms. The second-order valence-corrected chi connectivity index (χ2v) is 4.52. The van der Waals surface area contributed by atoms with E-state index in [0.29, 0.717) is 6.04 Å². The Bertz CT molecular complexity index is 352. The van der Waals surface area contributed by atoms with E-state index in [0.717, 1.165) is 30.5 Å². The predicted octanol–water partition coefficient (Wildman–Crippen LogP) is 4.54. The van der Waals surface area contributed by atoms with Crippen molar-refractivity contribution in [2.45, 2.75) is 51.9 Å². The maximum absolute atomic E-state index is 12.4. The normalized spacial score (nSPS) is 13.9. The first-order valence-corrected chi connectivity index (χ1v) is 6.31. The van der Waals surface area contributed by atoms with Gasteiger partial charge in [-0.1, -0.05) is 26.0 Å². The topological polar surface area (TPSA) is 12.0 Å². The number of hydrogen-bond acceptors (Lipinski definition) is 1. The third-order valence-corrected chi connectivity index (χ3v) is 3.21. The van der Waals surface area contributed by atoms with Crippen LogP contribution in [0.4, 0.5) is 13.2 Å². The van der Waals surface area contributed by atoms with Gasteiger partial charge in [0.1, 0.15) is 0 Å². The van der Waals surface area contributed by atoms with E-state index in [1.807, 2.05) is 6.92 Å². The minimum absolute atomic E-state index is 0.0668. The zero-order valence-corrected chi connectivity index (χ0v) is 11.0. The lowest BCUT2D eigenvalue weighted by Crippen LogP contribution is -2.30. The summed E-state index contributed by atoms with van der Waals surface area (Å²) in [5.74, 6) is 0. The Morgan fingerprint density at radius 1 is 1.06 bits per heavy atom. The lowest BCUT2D eigenvalue weighted by molar-refractivity contribution is -0.137. The maximum atomic E-state index is 12.4. The van der Waals surface area contributed by atoms with Crippen LogP contribution in [0.15, 0.2) is 24.3 Å². The van der Waals surface area contributed by atoms with E-state index in [-0.39, 0.29) is 6.04 Å². The fourth-order valence-electron chi connectivity index (χ4n) is 1.93. The van der Waals surface area contributed by atoms with Gasteiger partial charge in [0.2, 0.25) is 0 Å². The van der Waals surface area contributed by atoms with Crippen molar-refractivity contribution < 1.29 is 13.2 Å². The van der Waals surface area contributed by atoms with Crippen LogP contribution < -0.4 is 5.32 Å². The largest absolute Gasteiger partial charge is 0.416 e. The van der Waals surface area contributed by atoms with Crippen molar-refractivity contribution in [2.75, 3.05) is 0 Å². The van der Waals surface area contributed by atoms with Gasteiger partial charge in [-0.3, -0.25) is 0 Å². The third-order valence-electron chi connectivity index (χ3n) is 3.21. The maximum Gasteiger partial charge on any atom is 0.416 e. The van der Waals surface area contributed by atoms with Gasteiger partial charge in [0.15, 0.2) is 0 Å². The highest BCUT2D eigenvalue weighted by Crippen LogP contribution is 2.29. The van der Waals surface area contributed by atoms with Crippen LogP contribution in [0, 0.1) is 0 Å². The molecule has 0 bridgehead atoms. The zero-order valence-electron chi connectivity index (χ0n) is 11.0. The molecule has 0 radical (unpaired) electrons. The molecule has 1 aromatic rings. The molecular weight excluding hydrogens is 239 g/mol. The Kier molecular flexibility index (Phi) is 5.20. The Morgan fingerprint density at radius 2 is 1.56 bits per heavy atom. The molecular formula is C14H20F3N. The summed E-state index contributed by atoms with van der Waals surface area (Å²) in [4.78, 5) is 0. The molecule has 0 aliphatic heterocycles. The summed E-state index contributed by atoms with van der Waals surface area (Å²) in [5, 5.41) is 3.41. The molecule has 0 heterocycles. The van der Waals surface area contributed by atoms with Crippen LogP contribution in [0.25, 0.3) is 0 Å². The number of hydrogen-bond donors (Lipinski definition) is 1. The average molecular weight is 259 g/mol. The Balaban J connectivity index is 2.73. The molecule has 0 aliphatic carbocycles. The van der Waals surface area contributed by atoms with Crippen LogP contribution in [0.1, 0.15) is 50.8 Å². The molecule has 1 N–H and O–H groups in total. The molecule has 0 saturated carbocycles. The summed E-state index contributed by atoms with van der Waals surface area (Å²) in [6, 6.07) is 5.84. The SMILES string of the molecule is CCC(CC)NC(C)c1ccc(C(F)(F)F)cc1. The molecule has 0 aromatic heterocycles. The smallest absolute Gasteiger partial charge is 0.307 e. The second kappa shape index (κ2) is 6.23. The van der Waals surface area contributed by atoms with Gasteiger partial charge in [0, 0.05) is 12.1 Å². The number of alkyl halides is 3. The molecule has 1 atom stereocenters. The first-order chi connectivity index (χ1) is 8.38. The first-order valence-electron chi connectivity index (χ1n) is 6.31. The van der Waals surface area contributed by atoms with Crippen molar-refractivity contribution in [1.29, 1.82) is 0 Å². The molecule has 1 nitrogen and oxygen atoms in total. The molecule has 0 aliphatic rings. The molecule has 0 fully saturated rings. The molecule has 0 saturated heterocycles. The highest BCUT2D eigenvalue weighted by atomic mass is 19.4. The first kappa shape index (κ1) is 15.0. The van der Waals surface area contributed by atoms with Crippen LogP contribution in [0.3, 0.4) is 0 Å². The van der Waals surface area contributed by atoms with Gasteiger partial charge in [0.05, 0.1) is 5.56 Å². The van der Waals surface area contributed by atoms with E-state index in [1.165, 1.54) is 0 Å². The Hall–Kier alpha value is -1.03. The summed E-state index contributed by atoms with van der Waals surface area (Å²) in [6.45, 7) is 6.17. The van der Waals surface area contributed by atoms with Crippen LogP contribution in [-0.4, -0.2) is 6.04 Å². The monoisotopic (exact) mass is 259 g/mol. The second-order valence-electron chi connectivity index (χ2n) is 4.52. The van der Waals surface area contributed by atoms with Crippen LogP contribution >= 0.6 is 0 Å². The van der Waals surface area contributed by atoms with Crippen molar-refractivity contribution in [3.63, 3.8) is 0 Å². The van der Waals surface area contributed by atoms with E-state index in [1.54, 1.807) is 12.1 Å². The Morgan fingerprint density at radius 3 is 1.94 bits per heavy atom. The van der Waals surface area contributed by atoms with Gasteiger partial charge in [-0.05, 0) is 37.5 Å². The van der Waals surface area contributed by atoms with Gasteiger partial charge in [-0.2, -0.15) is 13.2 Å². The average Bonchev–Trinajstić information content (AvgIpc) is 2.34. The molecule has 4 heteroatoms. The molecule has 102 valence electrons. The van der Waals surface area contributed by atoms with Crippen molar-refractivity contribution in [2.24, 2.45) is 0 Å². The fraction of sp³-hybridized carbons (Fsp3) is 0.571. The van der Waals surface area contributed by atoms with E-state index in [4.69, 9.17) is 0 Å². The van der Waals surface area contributed by atoms with Gasteiger partial charge in [-0.25, -0.2) is 0 Å². The van der Waals surface area contributed by atoms with Crippen molar-refractivity contribution in [3.05, 3.63) is 35.4 Å². The minimum atomic E-state index is -4.26. The Labute approximate surface area is 106 Å². The predicted molar refractivity (Wildman–Crippen MR) is 67.4 cm³/mol. The van der Waals surface area contributed by atoms with Gasteiger partial charge in [0.25, 0.3) is 0 Å². The van der Waals surface area contributed by atoms with E-state index in [2.05, 4.69) is 19.2 Å². The van der Waals surface area contributed by atoms with Crippen LogP contribution in [-0.2, 0) is 6.18 Å². The quantitative estimate of drug-likeness (QED) is 0.818. The van der Waals surface area contributed by atoms with Crippen molar-refractivity contribution >= 4 is 0 Å². The summed E-state index contributed by atoms with van der Waals surface area (Å²) in [6.07, 6.45) is -2.23. The summed E-state index contributed by atoms with van der Waals surface area (Å²) < 4.78 is 37.3. The van der Waals surface area contributed by atoms with Crippen LogP contribution in [0.2, 0.25) is 0 Å². The van der Waals surface area contributed by atoms with E-state index in [9.17, 15) is 13.2 Å². The zero-order chi connectivity index (χ0) is 13.8. The lowest BCUT2D eigenvalue weighted by atomic mass is 10.0. The molecule has 1 rings (SSSR count). The summed E-state index contributed by atoms with van der Waals surface area (Å²) >= 11 is 0. The van der Waals surface area contributed by atoms with Gasteiger partial charge in [-0.15, -0.1) is 0 Å². The number of benzene rings is 1. The highest BCUT2D eigenvalue weighted by Gasteiger charge is 2.30. The molecule has 0 spiro atoms. The van der Waals surface area contributed by atoms with Crippen molar-refractivity contribution in [3.8, 4) is 0 Å². The van der Waals surface area contributed by atoms with Crippen molar-refractivity contribution in [1.82, 2.24) is 5.32 Å². The molecule has 0 amide bonds. The highest BCUT2D eigenvalue weighted by molar-refractivity contribution is 5.26. The van der Waals surface area contributed by atoms with Gasteiger partial charge >= 0.3 is 6.18 Å². The summed E-state index contributed by atoms with van der Waals surface area (Å²) in [7, 11) is 0. The molecule has 1 unspecified atom stereocenters. The minimum Gasteiger partial charge on any atom is -0.307 e. The molecule has 1 aromatic carbocycles. The number of rotatable bonds is 5. The fourth-order valence-corrected chi connectivity index (χ4v) is 1.93. The lowest BCUT2D eigenvalue weighted by Gasteiger charge is -2.21.